The number of pyridine rings is 1. The van der Waals surface area contributed by atoms with Gasteiger partial charge in [0, 0.05) is 35.8 Å². The molecule has 0 aliphatic heterocycles. The zero-order chi connectivity index (χ0) is 14.0. The molecule has 2 rings (SSSR count). The van der Waals surface area contributed by atoms with Gasteiger partial charge in [0.25, 0.3) is 0 Å². The number of nitrogens with zero attached hydrogens (tertiary/aromatic N) is 3. The summed E-state index contributed by atoms with van der Waals surface area (Å²) >= 11 is 0. The predicted octanol–water partition coefficient (Wildman–Crippen LogP) is 2.61. The van der Waals surface area contributed by atoms with Gasteiger partial charge in [0.15, 0.2) is 0 Å². The highest BCUT2D eigenvalue weighted by Crippen LogP contribution is 2.23. The molecule has 0 spiro atoms. The van der Waals surface area contributed by atoms with E-state index in [9.17, 15) is 9.90 Å². The van der Waals surface area contributed by atoms with Crippen molar-refractivity contribution in [2.45, 2.75) is 27.3 Å². The topological polar surface area (TPSA) is 68.0 Å². The van der Waals surface area contributed by atoms with Gasteiger partial charge >= 0.3 is 5.97 Å². The summed E-state index contributed by atoms with van der Waals surface area (Å²) in [5.74, 6) is -0.482. The van der Waals surface area contributed by atoms with Crippen molar-refractivity contribution in [3.8, 4) is 11.1 Å². The summed E-state index contributed by atoms with van der Waals surface area (Å²) in [7, 11) is 0. The van der Waals surface area contributed by atoms with Gasteiger partial charge in [0.1, 0.15) is 0 Å². The second-order valence-electron chi connectivity index (χ2n) is 5.02. The first-order valence-electron chi connectivity index (χ1n) is 6.20. The van der Waals surface area contributed by atoms with Gasteiger partial charge in [0.2, 0.25) is 0 Å². The largest absolute Gasteiger partial charge is 0.478 e. The summed E-state index contributed by atoms with van der Waals surface area (Å²) in [5.41, 5.74) is 2.46. The first-order chi connectivity index (χ1) is 8.97. The van der Waals surface area contributed by atoms with E-state index in [1.54, 1.807) is 12.3 Å². The van der Waals surface area contributed by atoms with Crippen molar-refractivity contribution in [2.75, 3.05) is 0 Å². The minimum Gasteiger partial charge on any atom is -0.478 e. The molecule has 0 amide bonds. The van der Waals surface area contributed by atoms with E-state index < -0.39 is 5.97 Å². The molecule has 2 aromatic rings. The second kappa shape index (κ2) is 5.22. The number of carboxylic acids is 1. The fraction of sp³-hybridized carbons (Fsp3) is 0.357. The van der Waals surface area contributed by atoms with Crippen molar-refractivity contribution in [3.63, 3.8) is 0 Å². The van der Waals surface area contributed by atoms with E-state index >= 15 is 0 Å². The normalized spacial score (nSPS) is 10.9. The second-order valence-corrected chi connectivity index (χ2v) is 5.02. The third-order valence-electron chi connectivity index (χ3n) is 2.77. The molecule has 0 atom stereocenters. The fourth-order valence-electron chi connectivity index (χ4n) is 1.95. The van der Waals surface area contributed by atoms with Gasteiger partial charge < -0.3 is 5.11 Å². The quantitative estimate of drug-likeness (QED) is 0.916. The van der Waals surface area contributed by atoms with E-state index in [-0.39, 0.29) is 5.56 Å². The Morgan fingerprint density at radius 2 is 2.16 bits per heavy atom. The van der Waals surface area contributed by atoms with Crippen LogP contribution in [-0.4, -0.2) is 25.8 Å². The summed E-state index contributed by atoms with van der Waals surface area (Å²) in [6.45, 7) is 6.88. The number of aromatic nitrogens is 3. The molecule has 100 valence electrons. The smallest absolute Gasteiger partial charge is 0.337 e. The SMILES string of the molecule is Cc1cc(-c2cnn(CC(C)C)c2)c(C(=O)O)cn1. The van der Waals surface area contributed by atoms with Crippen LogP contribution in [0.4, 0.5) is 0 Å². The Morgan fingerprint density at radius 1 is 1.42 bits per heavy atom. The van der Waals surface area contributed by atoms with Crippen LogP contribution < -0.4 is 0 Å². The molecule has 0 unspecified atom stereocenters. The van der Waals surface area contributed by atoms with Gasteiger partial charge in [-0.2, -0.15) is 5.10 Å². The van der Waals surface area contributed by atoms with E-state index in [1.807, 2.05) is 17.8 Å². The molecule has 5 nitrogen and oxygen atoms in total. The van der Waals surface area contributed by atoms with Crippen molar-refractivity contribution in [1.82, 2.24) is 14.8 Å². The minimum atomic E-state index is -0.973. The summed E-state index contributed by atoms with van der Waals surface area (Å²) in [6.07, 6.45) is 4.97. The molecule has 5 heteroatoms. The molecule has 0 bridgehead atoms. The molecule has 0 aliphatic carbocycles. The number of carboxylic acid groups (broad SMARTS) is 1. The third-order valence-corrected chi connectivity index (χ3v) is 2.77. The van der Waals surface area contributed by atoms with Crippen LogP contribution in [0.2, 0.25) is 0 Å². The van der Waals surface area contributed by atoms with Crippen molar-refractivity contribution in [3.05, 3.63) is 35.9 Å². The lowest BCUT2D eigenvalue weighted by molar-refractivity contribution is 0.0697. The molecule has 0 radical (unpaired) electrons. The van der Waals surface area contributed by atoms with Crippen LogP contribution in [0, 0.1) is 12.8 Å². The highest BCUT2D eigenvalue weighted by atomic mass is 16.4. The molecule has 1 N–H and O–H groups in total. The van der Waals surface area contributed by atoms with Gasteiger partial charge in [-0.1, -0.05) is 13.8 Å². The molecule has 0 fully saturated rings. The third kappa shape index (κ3) is 2.99. The average Bonchev–Trinajstić information content (AvgIpc) is 2.75. The highest BCUT2D eigenvalue weighted by Gasteiger charge is 2.14. The number of hydrogen-bond donors (Lipinski definition) is 1. The first-order valence-corrected chi connectivity index (χ1v) is 6.20. The Kier molecular flexibility index (Phi) is 3.64. The molecule has 0 saturated carbocycles. The van der Waals surface area contributed by atoms with Crippen molar-refractivity contribution < 1.29 is 9.90 Å². The standard InChI is InChI=1S/C14H17N3O2/c1-9(2)7-17-8-11(5-16-17)12-4-10(3)15-6-13(12)14(18)19/h4-6,8-9H,7H2,1-3H3,(H,18,19). The fourth-order valence-corrected chi connectivity index (χ4v) is 1.95. The van der Waals surface area contributed by atoms with Crippen LogP contribution in [0.5, 0.6) is 0 Å². The summed E-state index contributed by atoms with van der Waals surface area (Å²) < 4.78 is 1.83. The summed E-state index contributed by atoms with van der Waals surface area (Å²) in [4.78, 5) is 15.3. The number of carbonyl (C=O) groups is 1. The maximum absolute atomic E-state index is 11.2. The van der Waals surface area contributed by atoms with Crippen molar-refractivity contribution in [2.24, 2.45) is 5.92 Å². The monoisotopic (exact) mass is 259 g/mol. The Labute approximate surface area is 111 Å². The predicted molar refractivity (Wildman–Crippen MR) is 72.0 cm³/mol. The van der Waals surface area contributed by atoms with Crippen LogP contribution >= 0.6 is 0 Å². The summed E-state index contributed by atoms with van der Waals surface area (Å²) in [5, 5.41) is 13.5. The van der Waals surface area contributed by atoms with Gasteiger partial charge in [-0.15, -0.1) is 0 Å². The number of hydrogen-bond acceptors (Lipinski definition) is 3. The van der Waals surface area contributed by atoms with Crippen LogP contribution in [0.25, 0.3) is 11.1 Å². The number of rotatable bonds is 4. The van der Waals surface area contributed by atoms with Crippen LogP contribution in [0.15, 0.2) is 24.7 Å². The Bertz CT molecular complexity index is 602. The van der Waals surface area contributed by atoms with E-state index in [0.717, 1.165) is 17.8 Å². The van der Waals surface area contributed by atoms with E-state index in [1.165, 1.54) is 6.20 Å². The number of aromatic carboxylic acids is 1. The Balaban J connectivity index is 2.43. The molecule has 19 heavy (non-hydrogen) atoms. The highest BCUT2D eigenvalue weighted by molar-refractivity contribution is 5.95. The molecule has 0 aromatic carbocycles. The summed E-state index contributed by atoms with van der Waals surface area (Å²) in [6, 6.07) is 1.78. The van der Waals surface area contributed by atoms with E-state index in [2.05, 4.69) is 23.9 Å². The van der Waals surface area contributed by atoms with Crippen LogP contribution in [-0.2, 0) is 6.54 Å². The molecule has 0 aliphatic rings. The lowest BCUT2D eigenvalue weighted by Gasteiger charge is -2.05. The molecular weight excluding hydrogens is 242 g/mol. The average molecular weight is 259 g/mol. The van der Waals surface area contributed by atoms with Crippen molar-refractivity contribution >= 4 is 5.97 Å². The Hall–Kier alpha value is -2.17. The first kappa shape index (κ1) is 13.3. The van der Waals surface area contributed by atoms with Gasteiger partial charge in [-0.3, -0.25) is 9.67 Å². The molecule has 0 saturated heterocycles. The maximum Gasteiger partial charge on any atom is 0.337 e. The molecule has 2 aromatic heterocycles. The zero-order valence-electron chi connectivity index (χ0n) is 11.3. The van der Waals surface area contributed by atoms with Gasteiger partial charge in [-0.25, -0.2) is 4.79 Å². The Morgan fingerprint density at radius 3 is 2.79 bits per heavy atom. The zero-order valence-corrected chi connectivity index (χ0v) is 11.3. The van der Waals surface area contributed by atoms with Gasteiger partial charge in [0.05, 0.1) is 11.8 Å². The lowest BCUT2D eigenvalue weighted by atomic mass is 10.0. The van der Waals surface area contributed by atoms with Crippen LogP contribution in [0.1, 0.15) is 29.9 Å². The van der Waals surface area contributed by atoms with E-state index in [0.29, 0.717) is 11.5 Å². The molecule has 2 heterocycles. The lowest BCUT2D eigenvalue weighted by Crippen LogP contribution is -2.04. The number of aryl methyl sites for hydroxylation is 1. The molecular formula is C14H17N3O2. The van der Waals surface area contributed by atoms with Crippen molar-refractivity contribution in [1.29, 1.82) is 0 Å². The minimum absolute atomic E-state index is 0.203. The van der Waals surface area contributed by atoms with Crippen LogP contribution in [0.3, 0.4) is 0 Å². The van der Waals surface area contributed by atoms with E-state index in [4.69, 9.17) is 0 Å². The van der Waals surface area contributed by atoms with Gasteiger partial charge in [-0.05, 0) is 18.9 Å². The maximum atomic E-state index is 11.2.